The number of amides is 1. The number of carbonyl (C=O) groups excluding carboxylic acids is 2. The first-order chi connectivity index (χ1) is 14.3. The highest BCUT2D eigenvalue weighted by molar-refractivity contribution is 6.46. The zero-order valence-electron chi connectivity index (χ0n) is 17.4. The fraction of sp³-hybridized carbons (Fsp3) is 0.304. The minimum atomic E-state index is -0.838. The fourth-order valence-electron chi connectivity index (χ4n) is 3.65. The molecule has 158 valence electrons. The number of carbonyl (C=O) groups is 2. The lowest BCUT2D eigenvalue weighted by molar-refractivity contribution is -0.140. The van der Waals surface area contributed by atoms with Crippen LogP contribution >= 0.6 is 0 Å². The van der Waals surface area contributed by atoms with Gasteiger partial charge >= 0.3 is 0 Å². The van der Waals surface area contributed by atoms with Crippen LogP contribution in [0.15, 0.2) is 42.0 Å². The third-order valence-corrected chi connectivity index (χ3v) is 5.24. The molecule has 2 aromatic rings. The van der Waals surface area contributed by atoms with E-state index in [0.29, 0.717) is 11.1 Å². The molecule has 0 bridgehead atoms. The number of aliphatic hydroxyl groups excluding tert-OH is 1. The number of methoxy groups -OCH3 is 2. The van der Waals surface area contributed by atoms with Crippen LogP contribution < -0.4 is 4.74 Å². The highest BCUT2D eigenvalue weighted by Crippen LogP contribution is 2.42. The summed E-state index contributed by atoms with van der Waals surface area (Å²) in [5, 5.41) is 21.1. The Labute approximate surface area is 175 Å². The monoisotopic (exact) mass is 411 g/mol. The van der Waals surface area contributed by atoms with Crippen LogP contribution in [0.3, 0.4) is 0 Å². The predicted octanol–water partition coefficient (Wildman–Crippen LogP) is 3.09. The summed E-state index contributed by atoms with van der Waals surface area (Å²) >= 11 is 0. The third-order valence-electron chi connectivity index (χ3n) is 5.24. The molecule has 7 nitrogen and oxygen atoms in total. The largest absolute Gasteiger partial charge is 0.507 e. The maximum absolute atomic E-state index is 13.0. The topological polar surface area (TPSA) is 96.3 Å². The first-order valence-corrected chi connectivity index (χ1v) is 9.52. The molecule has 0 radical (unpaired) electrons. The van der Waals surface area contributed by atoms with Crippen molar-refractivity contribution >= 4 is 17.4 Å². The molecule has 2 N–H and O–H groups in total. The highest BCUT2D eigenvalue weighted by Gasteiger charge is 2.46. The van der Waals surface area contributed by atoms with E-state index in [-0.39, 0.29) is 36.0 Å². The number of likely N-dealkylation sites (tertiary alicyclic amines) is 1. The predicted molar refractivity (Wildman–Crippen MR) is 111 cm³/mol. The Morgan fingerprint density at radius 1 is 1.10 bits per heavy atom. The van der Waals surface area contributed by atoms with Crippen LogP contribution in [0.2, 0.25) is 0 Å². The number of benzene rings is 2. The summed E-state index contributed by atoms with van der Waals surface area (Å²) in [4.78, 5) is 27.1. The first-order valence-electron chi connectivity index (χ1n) is 9.52. The number of hydrogen-bond acceptors (Lipinski definition) is 6. The number of rotatable bonds is 6. The van der Waals surface area contributed by atoms with Gasteiger partial charge in [0.05, 0.1) is 25.3 Å². The number of Topliss-reactive ketones (excluding diaryl/α,β-unsaturated/α-hetero) is 1. The van der Waals surface area contributed by atoms with E-state index in [1.165, 1.54) is 25.2 Å². The number of aryl methyl sites for hydroxylation is 2. The van der Waals surface area contributed by atoms with Crippen molar-refractivity contribution in [3.8, 4) is 11.5 Å². The zero-order valence-corrected chi connectivity index (χ0v) is 17.4. The Morgan fingerprint density at radius 3 is 2.50 bits per heavy atom. The van der Waals surface area contributed by atoms with E-state index in [4.69, 9.17) is 9.47 Å². The summed E-state index contributed by atoms with van der Waals surface area (Å²) in [7, 11) is 2.92. The van der Waals surface area contributed by atoms with Crippen LogP contribution in [-0.2, 0) is 14.3 Å². The summed E-state index contributed by atoms with van der Waals surface area (Å²) < 4.78 is 10.3. The normalized spacial score (nSPS) is 18.1. The molecule has 1 aliphatic heterocycles. The van der Waals surface area contributed by atoms with Gasteiger partial charge in [-0.2, -0.15) is 0 Å². The van der Waals surface area contributed by atoms with Crippen LogP contribution in [0.1, 0.15) is 28.3 Å². The van der Waals surface area contributed by atoms with Crippen molar-refractivity contribution in [2.75, 3.05) is 27.4 Å². The molecule has 1 saturated heterocycles. The minimum absolute atomic E-state index is 0.00227. The SMILES string of the molecule is COCCN1C(=O)C(=O)C(=C(O)c2cc(C)ccc2C)[C@@H]1c1ccc(O)c(OC)c1. The van der Waals surface area contributed by atoms with Crippen molar-refractivity contribution in [2.45, 2.75) is 19.9 Å². The van der Waals surface area contributed by atoms with Crippen LogP contribution in [-0.4, -0.2) is 54.2 Å². The Hall–Kier alpha value is -3.32. The van der Waals surface area contributed by atoms with Gasteiger partial charge in [-0.1, -0.05) is 23.8 Å². The molecular formula is C23H25NO6. The van der Waals surface area contributed by atoms with E-state index in [2.05, 4.69) is 0 Å². The number of aromatic hydroxyl groups is 1. The van der Waals surface area contributed by atoms with E-state index < -0.39 is 17.7 Å². The number of aliphatic hydroxyl groups is 1. The molecule has 3 rings (SSSR count). The molecular weight excluding hydrogens is 386 g/mol. The van der Waals surface area contributed by atoms with Crippen molar-refractivity contribution in [3.63, 3.8) is 0 Å². The molecule has 1 aliphatic rings. The smallest absolute Gasteiger partial charge is 0.295 e. The van der Waals surface area contributed by atoms with Gasteiger partial charge < -0.3 is 24.6 Å². The number of nitrogens with zero attached hydrogens (tertiary/aromatic N) is 1. The van der Waals surface area contributed by atoms with Gasteiger partial charge in [-0.3, -0.25) is 9.59 Å². The molecule has 1 amide bonds. The van der Waals surface area contributed by atoms with Crippen molar-refractivity contribution in [3.05, 3.63) is 64.2 Å². The highest BCUT2D eigenvalue weighted by atomic mass is 16.5. The number of ketones is 1. The van der Waals surface area contributed by atoms with E-state index in [9.17, 15) is 19.8 Å². The van der Waals surface area contributed by atoms with Gasteiger partial charge in [0, 0.05) is 19.2 Å². The molecule has 0 aliphatic carbocycles. The van der Waals surface area contributed by atoms with Crippen LogP contribution in [0.4, 0.5) is 0 Å². The Kier molecular flexibility index (Phi) is 6.12. The van der Waals surface area contributed by atoms with Crippen LogP contribution in [0.25, 0.3) is 5.76 Å². The van der Waals surface area contributed by atoms with E-state index in [1.807, 2.05) is 26.0 Å². The van der Waals surface area contributed by atoms with Crippen molar-refractivity contribution in [2.24, 2.45) is 0 Å². The maximum Gasteiger partial charge on any atom is 0.295 e. The number of phenolic OH excluding ortho intramolecular Hbond substituents is 1. The third kappa shape index (κ3) is 3.76. The second-order valence-corrected chi connectivity index (χ2v) is 7.23. The van der Waals surface area contributed by atoms with Gasteiger partial charge in [0.2, 0.25) is 0 Å². The molecule has 2 aromatic carbocycles. The Bertz CT molecular complexity index is 1030. The Morgan fingerprint density at radius 2 is 1.83 bits per heavy atom. The second kappa shape index (κ2) is 8.59. The number of phenols is 1. The summed E-state index contributed by atoms with van der Waals surface area (Å²) in [6.07, 6.45) is 0. The lowest BCUT2D eigenvalue weighted by Gasteiger charge is -2.25. The summed E-state index contributed by atoms with van der Waals surface area (Å²) in [6.45, 7) is 4.10. The van der Waals surface area contributed by atoms with Crippen molar-refractivity contribution < 1.29 is 29.3 Å². The van der Waals surface area contributed by atoms with Gasteiger partial charge in [-0.25, -0.2) is 0 Å². The fourth-order valence-corrected chi connectivity index (χ4v) is 3.65. The van der Waals surface area contributed by atoms with E-state index in [0.717, 1.165) is 11.1 Å². The standard InChI is InChI=1S/C23H25NO6/c1-13-5-6-14(2)16(11-13)21(26)19-20(15-7-8-17(25)18(12-15)30-4)24(9-10-29-3)23(28)22(19)27/h5-8,11-12,20,25-26H,9-10H2,1-4H3/t20-/m0/s1. The maximum atomic E-state index is 13.0. The van der Waals surface area contributed by atoms with Gasteiger partial charge in [-0.05, 0) is 43.2 Å². The molecule has 1 heterocycles. The second-order valence-electron chi connectivity index (χ2n) is 7.23. The molecule has 0 saturated carbocycles. The lowest BCUT2D eigenvalue weighted by Crippen LogP contribution is -2.32. The van der Waals surface area contributed by atoms with Gasteiger partial charge in [-0.15, -0.1) is 0 Å². The molecule has 1 atom stereocenters. The molecule has 0 spiro atoms. The molecule has 7 heteroatoms. The molecule has 0 aromatic heterocycles. The van der Waals surface area contributed by atoms with Gasteiger partial charge in [0.1, 0.15) is 5.76 Å². The number of ether oxygens (including phenoxy) is 2. The van der Waals surface area contributed by atoms with Gasteiger partial charge in [0.15, 0.2) is 11.5 Å². The van der Waals surface area contributed by atoms with Crippen LogP contribution in [0.5, 0.6) is 11.5 Å². The van der Waals surface area contributed by atoms with Gasteiger partial charge in [0.25, 0.3) is 11.7 Å². The molecule has 30 heavy (non-hydrogen) atoms. The lowest BCUT2D eigenvalue weighted by atomic mass is 9.93. The van der Waals surface area contributed by atoms with Crippen molar-refractivity contribution in [1.29, 1.82) is 0 Å². The van der Waals surface area contributed by atoms with E-state index in [1.54, 1.807) is 18.2 Å². The summed E-state index contributed by atoms with van der Waals surface area (Å²) in [5.74, 6) is -1.56. The average molecular weight is 411 g/mol. The summed E-state index contributed by atoms with van der Waals surface area (Å²) in [5.41, 5.74) is 2.72. The quantitative estimate of drug-likeness (QED) is 0.431. The first kappa shape index (κ1) is 21.4. The van der Waals surface area contributed by atoms with E-state index >= 15 is 0 Å². The number of hydrogen-bond donors (Lipinski definition) is 2. The zero-order chi connectivity index (χ0) is 22.0. The van der Waals surface area contributed by atoms with Crippen LogP contribution in [0, 0.1) is 13.8 Å². The molecule has 0 unspecified atom stereocenters. The minimum Gasteiger partial charge on any atom is -0.507 e. The average Bonchev–Trinajstić information content (AvgIpc) is 2.98. The van der Waals surface area contributed by atoms with Crippen molar-refractivity contribution in [1.82, 2.24) is 4.90 Å². The molecule has 1 fully saturated rings. The summed E-state index contributed by atoms with van der Waals surface area (Å²) in [6, 6.07) is 9.29. The Balaban J connectivity index is 2.24.